The molecule has 1 aliphatic rings. The third kappa shape index (κ3) is 3.38. The molecule has 0 amide bonds. The predicted molar refractivity (Wildman–Crippen MR) is 101 cm³/mol. The Balaban J connectivity index is 1.72. The van der Waals surface area contributed by atoms with E-state index in [2.05, 4.69) is 70.0 Å². The second kappa shape index (κ2) is 7.24. The van der Waals surface area contributed by atoms with Gasteiger partial charge >= 0.3 is 0 Å². The maximum absolute atomic E-state index is 4.30. The molecule has 2 aromatic heterocycles. The lowest BCUT2D eigenvalue weighted by Crippen LogP contribution is -2.29. The fourth-order valence-electron chi connectivity index (χ4n) is 3.85. The molecule has 0 unspecified atom stereocenters. The zero-order valence-corrected chi connectivity index (χ0v) is 14.8. The van der Waals surface area contributed by atoms with Gasteiger partial charge < -0.3 is 4.57 Å². The van der Waals surface area contributed by atoms with Gasteiger partial charge in [-0.15, -0.1) is 0 Å². The smallest absolute Gasteiger partial charge is 0.0759 e. The van der Waals surface area contributed by atoms with E-state index in [0.29, 0.717) is 6.04 Å². The zero-order valence-electron chi connectivity index (χ0n) is 14.8. The lowest BCUT2D eigenvalue weighted by Gasteiger charge is -2.30. The molecule has 0 fully saturated rings. The van der Waals surface area contributed by atoms with Crippen LogP contribution in [0.3, 0.4) is 0 Å². The van der Waals surface area contributed by atoms with Crippen LogP contribution in [-0.2, 0) is 19.5 Å². The molecule has 0 radical (unpaired) electrons. The average Bonchev–Trinajstić information content (AvgIpc) is 3.04. The molecule has 128 valence electrons. The number of pyridine rings is 1. The largest absolute Gasteiger partial charge is 0.350 e. The van der Waals surface area contributed by atoms with Crippen LogP contribution in [0.1, 0.15) is 41.8 Å². The molecule has 1 aliphatic heterocycles. The molecule has 0 saturated carbocycles. The van der Waals surface area contributed by atoms with Crippen LogP contribution >= 0.6 is 0 Å². The van der Waals surface area contributed by atoms with Crippen molar-refractivity contribution < 1.29 is 0 Å². The van der Waals surface area contributed by atoms with Gasteiger partial charge in [-0.1, -0.05) is 37.3 Å². The van der Waals surface area contributed by atoms with Crippen LogP contribution in [0.25, 0.3) is 0 Å². The minimum absolute atomic E-state index is 0.295. The van der Waals surface area contributed by atoms with Crippen LogP contribution in [0.4, 0.5) is 0 Å². The molecule has 3 heteroatoms. The summed E-state index contributed by atoms with van der Waals surface area (Å²) in [4.78, 5) is 6.89. The number of rotatable bonds is 4. The van der Waals surface area contributed by atoms with Crippen molar-refractivity contribution in [3.63, 3.8) is 0 Å². The van der Waals surface area contributed by atoms with Gasteiger partial charge in [0.1, 0.15) is 0 Å². The first-order valence-electron chi connectivity index (χ1n) is 9.22. The fourth-order valence-corrected chi connectivity index (χ4v) is 3.85. The Hall–Kier alpha value is -2.39. The molecule has 0 spiro atoms. The summed E-state index contributed by atoms with van der Waals surface area (Å²) >= 11 is 0. The predicted octanol–water partition coefficient (Wildman–Crippen LogP) is 4.44. The summed E-state index contributed by atoms with van der Waals surface area (Å²) in [7, 11) is 0. The normalized spacial score (nSPS) is 17.9. The maximum Gasteiger partial charge on any atom is 0.0759 e. The summed E-state index contributed by atoms with van der Waals surface area (Å²) in [5, 5.41) is 0. The highest BCUT2D eigenvalue weighted by Crippen LogP contribution is 2.33. The molecule has 0 N–H and O–H groups in total. The number of benzene rings is 1. The van der Waals surface area contributed by atoms with Crippen LogP contribution < -0.4 is 0 Å². The summed E-state index contributed by atoms with van der Waals surface area (Å²) in [6.45, 7) is 5.33. The molecule has 1 aromatic carbocycles. The molecular weight excluding hydrogens is 306 g/mol. The van der Waals surface area contributed by atoms with E-state index in [0.717, 1.165) is 26.1 Å². The van der Waals surface area contributed by atoms with Crippen LogP contribution in [0.5, 0.6) is 0 Å². The number of fused-ring (bicyclic) bond motifs is 1. The minimum Gasteiger partial charge on any atom is -0.350 e. The van der Waals surface area contributed by atoms with Gasteiger partial charge in [0, 0.05) is 43.9 Å². The van der Waals surface area contributed by atoms with Crippen molar-refractivity contribution in [3.05, 3.63) is 89.5 Å². The van der Waals surface area contributed by atoms with E-state index >= 15 is 0 Å². The van der Waals surface area contributed by atoms with E-state index in [4.69, 9.17) is 0 Å². The van der Waals surface area contributed by atoms with E-state index < -0.39 is 0 Å². The summed E-state index contributed by atoms with van der Waals surface area (Å²) in [5.41, 5.74) is 5.44. The van der Waals surface area contributed by atoms with E-state index in [1.165, 1.54) is 28.8 Å². The van der Waals surface area contributed by atoms with Gasteiger partial charge in [0.2, 0.25) is 0 Å². The third-order valence-electron chi connectivity index (χ3n) is 5.17. The van der Waals surface area contributed by atoms with Crippen molar-refractivity contribution in [3.8, 4) is 0 Å². The molecule has 0 saturated heterocycles. The van der Waals surface area contributed by atoms with Gasteiger partial charge in [-0.05, 0) is 47.7 Å². The summed E-state index contributed by atoms with van der Waals surface area (Å²) < 4.78 is 2.42. The maximum atomic E-state index is 4.30. The molecule has 3 heterocycles. The SMILES string of the molecule is CCc1ccc([C@@H]2c3cccn3CCCN2Cc2cccnc2)cc1. The first kappa shape index (κ1) is 16.1. The van der Waals surface area contributed by atoms with Crippen LogP contribution in [0.15, 0.2) is 67.1 Å². The fraction of sp³-hybridized carbons (Fsp3) is 0.318. The second-order valence-corrected chi connectivity index (χ2v) is 6.81. The van der Waals surface area contributed by atoms with Gasteiger partial charge in [-0.25, -0.2) is 0 Å². The molecule has 3 aromatic rings. The van der Waals surface area contributed by atoms with Gasteiger partial charge in [0.05, 0.1) is 6.04 Å². The van der Waals surface area contributed by atoms with E-state index in [1.807, 2.05) is 18.5 Å². The van der Waals surface area contributed by atoms with Crippen molar-refractivity contribution >= 4 is 0 Å². The molecule has 4 rings (SSSR count). The van der Waals surface area contributed by atoms with E-state index in [1.54, 1.807) is 0 Å². The minimum atomic E-state index is 0.295. The van der Waals surface area contributed by atoms with E-state index in [-0.39, 0.29) is 0 Å². The molecule has 25 heavy (non-hydrogen) atoms. The lowest BCUT2D eigenvalue weighted by molar-refractivity contribution is 0.220. The highest BCUT2D eigenvalue weighted by atomic mass is 15.2. The first-order valence-corrected chi connectivity index (χ1v) is 9.22. The Bertz CT molecular complexity index is 805. The number of hydrogen-bond donors (Lipinski definition) is 0. The zero-order chi connectivity index (χ0) is 17.1. The van der Waals surface area contributed by atoms with E-state index in [9.17, 15) is 0 Å². The van der Waals surface area contributed by atoms with Gasteiger partial charge in [-0.2, -0.15) is 0 Å². The van der Waals surface area contributed by atoms with Crippen molar-refractivity contribution in [2.24, 2.45) is 0 Å². The lowest BCUT2D eigenvalue weighted by atomic mass is 9.99. The Labute approximate surface area is 149 Å². The Kier molecular flexibility index (Phi) is 4.66. The number of aromatic nitrogens is 2. The van der Waals surface area contributed by atoms with Crippen molar-refractivity contribution in [1.29, 1.82) is 0 Å². The first-order chi connectivity index (χ1) is 12.3. The quantitative estimate of drug-likeness (QED) is 0.705. The topological polar surface area (TPSA) is 21.1 Å². The third-order valence-corrected chi connectivity index (χ3v) is 5.17. The molecule has 1 atom stereocenters. The number of nitrogens with zero attached hydrogens (tertiary/aromatic N) is 3. The van der Waals surface area contributed by atoms with Crippen molar-refractivity contribution in [2.45, 2.75) is 38.9 Å². The molecule has 0 bridgehead atoms. The summed E-state index contributed by atoms with van der Waals surface area (Å²) in [5.74, 6) is 0. The van der Waals surface area contributed by atoms with Crippen LogP contribution in [0.2, 0.25) is 0 Å². The van der Waals surface area contributed by atoms with Gasteiger partial charge in [0.25, 0.3) is 0 Å². The highest BCUT2D eigenvalue weighted by molar-refractivity contribution is 5.32. The monoisotopic (exact) mass is 331 g/mol. The number of aryl methyl sites for hydroxylation is 2. The molecule has 0 aliphatic carbocycles. The second-order valence-electron chi connectivity index (χ2n) is 6.81. The summed E-state index contributed by atoms with van der Waals surface area (Å²) in [6.07, 6.45) is 8.31. The van der Waals surface area contributed by atoms with Gasteiger partial charge in [0.15, 0.2) is 0 Å². The van der Waals surface area contributed by atoms with Crippen molar-refractivity contribution in [2.75, 3.05) is 6.54 Å². The van der Waals surface area contributed by atoms with Crippen molar-refractivity contribution in [1.82, 2.24) is 14.5 Å². The standard InChI is InChI=1S/C22H25N3/c1-2-18-8-10-20(11-9-18)22-21-7-4-13-24(21)14-5-15-25(22)17-19-6-3-12-23-16-19/h3-4,6-13,16,22H,2,5,14-15,17H2,1H3/t22-/m1/s1. The molecular formula is C22H25N3. The average molecular weight is 331 g/mol. The number of hydrogen-bond acceptors (Lipinski definition) is 2. The Morgan fingerprint density at radius 1 is 1.00 bits per heavy atom. The highest BCUT2D eigenvalue weighted by Gasteiger charge is 2.27. The van der Waals surface area contributed by atoms with Crippen LogP contribution in [-0.4, -0.2) is 21.0 Å². The Morgan fingerprint density at radius 3 is 2.64 bits per heavy atom. The molecule has 3 nitrogen and oxygen atoms in total. The Morgan fingerprint density at radius 2 is 1.88 bits per heavy atom. The van der Waals surface area contributed by atoms with Gasteiger partial charge in [-0.3, -0.25) is 9.88 Å². The summed E-state index contributed by atoms with van der Waals surface area (Å²) in [6, 6.07) is 18.1. The van der Waals surface area contributed by atoms with Crippen LogP contribution in [0, 0.1) is 0 Å².